The van der Waals surface area contributed by atoms with E-state index in [9.17, 15) is 4.79 Å². The van der Waals surface area contributed by atoms with Crippen LogP contribution in [0.2, 0.25) is 0 Å². The highest BCUT2D eigenvalue weighted by atomic mass is 16.2. The maximum atomic E-state index is 12.5. The van der Waals surface area contributed by atoms with E-state index in [-0.39, 0.29) is 18.0 Å². The highest BCUT2D eigenvalue weighted by Crippen LogP contribution is 2.32. The molecule has 3 heteroatoms. The molecule has 0 aromatic heterocycles. The minimum Gasteiger partial charge on any atom is -0.334 e. The SMILES string of the molecule is CC(C)CC(N)C(=O)N1CCCC1c1ccccc1. The van der Waals surface area contributed by atoms with Gasteiger partial charge in [0.25, 0.3) is 0 Å². The van der Waals surface area contributed by atoms with Crippen LogP contribution in [0.1, 0.15) is 44.7 Å². The predicted molar refractivity (Wildman–Crippen MR) is 77.6 cm³/mol. The van der Waals surface area contributed by atoms with Gasteiger partial charge in [0.15, 0.2) is 0 Å². The summed E-state index contributed by atoms with van der Waals surface area (Å²) >= 11 is 0. The summed E-state index contributed by atoms with van der Waals surface area (Å²) in [4.78, 5) is 14.4. The van der Waals surface area contributed by atoms with Gasteiger partial charge in [0.1, 0.15) is 0 Å². The summed E-state index contributed by atoms with van der Waals surface area (Å²) in [5.74, 6) is 0.566. The van der Waals surface area contributed by atoms with Crippen LogP contribution in [-0.4, -0.2) is 23.4 Å². The molecule has 2 unspecified atom stereocenters. The average Bonchev–Trinajstić information content (AvgIpc) is 2.87. The maximum Gasteiger partial charge on any atom is 0.240 e. The van der Waals surface area contributed by atoms with Crippen molar-refractivity contribution in [2.24, 2.45) is 11.7 Å². The molecule has 19 heavy (non-hydrogen) atoms. The molecule has 104 valence electrons. The fourth-order valence-corrected chi connectivity index (χ4v) is 2.87. The molecule has 0 radical (unpaired) electrons. The normalized spacial score (nSPS) is 20.8. The summed E-state index contributed by atoms with van der Waals surface area (Å²) in [7, 11) is 0. The van der Waals surface area contributed by atoms with Crippen molar-refractivity contribution in [2.75, 3.05) is 6.54 Å². The Kier molecular flexibility index (Phi) is 4.59. The lowest BCUT2D eigenvalue weighted by atomic mass is 10.0. The maximum absolute atomic E-state index is 12.5. The highest BCUT2D eigenvalue weighted by molar-refractivity contribution is 5.82. The predicted octanol–water partition coefficient (Wildman–Crippen LogP) is 2.72. The number of hydrogen-bond acceptors (Lipinski definition) is 2. The highest BCUT2D eigenvalue weighted by Gasteiger charge is 2.32. The Morgan fingerprint density at radius 2 is 2.05 bits per heavy atom. The number of hydrogen-bond donors (Lipinski definition) is 1. The Morgan fingerprint density at radius 1 is 1.37 bits per heavy atom. The Bertz CT molecular complexity index is 416. The molecule has 3 nitrogen and oxygen atoms in total. The summed E-state index contributed by atoms with van der Waals surface area (Å²) in [6, 6.07) is 10.1. The van der Waals surface area contributed by atoms with E-state index in [0.29, 0.717) is 5.92 Å². The van der Waals surface area contributed by atoms with Crippen LogP contribution in [0.4, 0.5) is 0 Å². The van der Waals surface area contributed by atoms with Crippen LogP contribution < -0.4 is 5.73 Å². The van der Waals surface area contributed by atoms with Crippen molar-refractivity contribution in [3.8, 4) is 0 Å². The van der Waals surface area contributed by atoms with Gasteiger partial charge in [-0.15, -0.1) is 0 Å². The van der Waals surface area contributed by atoms with Gasteiger partial charge in [-0.1, -0.05) is 44.2 Å². The first-order valence-electron chi connectivity index (χ1n) is 7.20. The Balaban J connectivity index is 2.08. The van der Waals surface area contributed by atoms with Crippen molar-refractivity contribution in [3.63, 3.8) is 0 Å². The molecule has 1 saturated heterocycles. The van der Waals surface area contributed by atoms with Crippen LogP contribution in [0.3, 0.4) is 0 Å². The van der Waals surface area contributed by atoms with Crippen LogP contribution in [0.5, 0.6) is 0 Å². The molecule has 0 aliphatic carbocycles. The molecular formula is C16H24N2O. The molecule has 2 N–H and O–H groups in total. The molecule has 1 heterocycles. The molecule has 0 spiro atoms. The van der Waals surface area contributed by atoms with Crippen molar-refractivity contribution < 1.29 is 4.79 Å². The number of carbonyl (C=O) groups is 1. The Labute approximate surface area is 115 Å². The van der Waals surface area contributed by atoms with E-state index in [1.54, 1.807) is 0 Å². The summed E-state index contributed by atoms with van der Waals surface area (Å²) in [5.41, 5.74) is 7.27. The second kappa shape index (κ2) is 6.20. The summed E-state index contributed by atoms with van der Waals surface area (Å²) in [6.07, 6.45) is 2.88. The third kappa shape index (κ3) is 3.35. The summed E-state index contributed by atoms with van der Waals surface area (Å²) in [6.45, 7) is 5.04. The first-order chi connectivity index (χ1) is 9.09. The van der Waals surface area contributed by atoms with Crippen LogP contribution in [0, 0.1) is 5.92 Å². The Morgan fingerprint density at radius 3 is 2.68 bits per heavy atom. The number of likely N-dealkylation sites (tertiary alicyclic amines) is 1. The van der Waals surface area contributed by atoms with Gasteiger partial charge in [0.05, 0.1) is 12.1 Å². The topological polar surface area (TPSA) is 46.3 Å². The lowest BCUT2D eigenvalue weighted by molar-refractivity contribution is -0.133. The van der Waals surface area contributed by atoms with Crippen LogP contribution >= 0.6 is 0 Å². The molecule has 1 amide bonds. The van der Waals surface area contributed by atoms with Gasteiger partial charge in [0, 0.05) is 6.54 Å². The van der Waals surface area contributed by atoms with Crippen molar-refractivity contribution in [1.29, 1.82) is 0 Å². The number of nitrogens with two attached hydrogens (primary N) is 1. The molecule has 1 aliphatic heterocycles. The van der Waals surface area contributed by atoms with Gasteiger partial charge >= 0.3 is 0 Å². The lowest BCUT2D eigenvalue weighted by Gasteiger charge is -2.28. The quantitative estimate of drug-likeness (QED) is 0.904. The molecular weight excluding hydrogens is 236 g/mol. The van der Waals surface area contributed by atoms with Crippen molar-refractivity contribution >= 4 is 5.91 Å². The standard InChI is InChI=1S/C16H24N2O/c1-12(2)11-14(17)16(19)18-10-6-9-15(18)13-7-4-3-5-8-13/h3-5,7-8,12,14-15H,6,9-11,17H2,1-2H3. The van der Waals surface area contributed by atoms with E-state index in [2.05, 4.69) is 26.0 Å². The number of carbonyl (C=O) groups excluding carboxylic acids is 1. The fraction of sp³-hybridized carbons (Fsp3) is 0.562. The second-order valence-corrected chi connectivity index (χ2v) is 5.84. The van der Waals surface area contributed by atoms with E-state index in [1.807, 2.05) is 23.1 Å². The molecule has 2 rings (SSSR count). The zero-order valence-corrected chi connectivity index (χ0v) is 11.9. The third-order valence-corrected chi connectivity index (χ3v) is 3.76. The number of rotatable bonds is 4. The Hall–Kier alpha value is -1.35. The second-order valence-electron chi connectivity index (χ2n) is 5.84. The van der Waals surface area contributed by atoms with E-state index in [0.717, 1.165) is 25.8 Å². The molecule has 0 bridgehead atoms. The minimum absolute atomic E-state index is 0.111. The third-order valence-electron chi connectivity index (χ3n) is 3.76. The zero-order chi connectivity index (χ0) is 13.8. The minimum atomic E-state index is -0.357. The van der Waals surface area contributed by atoms with Crippen LogP contribution in [-0.2, 0) is 4.79 Å². The van der Waals surface area contributed by atoms with E-state index < -0.39 is 0 Å². The molecule has 1 aliphatic rings. The molecule has 0 saturated carbocycles. The fourth-order valence-electron chi connectivity index (χ4n) is 2.87. The summed E-state index contributed by atoms with van der Waals surface area (Å²) in [5, 5.41) is 0. The summed E-state index contributed by atoms with van der Waals surface area (Å²) < 4.78 is 0. The van der Waals surface area contributed by atoms with Gasteiger partial charge in [-0.2, -0.15) is 0 Å². The van der Waals surface area contributed by atoms with Gasteiger partial charge in [-0.25, -0.2) is 0 Å². The molecule has 1 aromatic carbocycles. The average molecular weight is 260 g/mol. The lowest BCUT2D eigenvalue weighted by Crippen LogP contribution is -2.44. The van der Waals surface area contributed by atoms with Crippen LogP contribution in [0.15, 0.2) is 30.3 Å². The van der Waals surface area contributed by atoms with Crippen molar-refractivity contribution in [2.45, 2.75) is 45.2 Å². The molecule has 1 fully saturated rings. The van der Waals surface area contributed by atoms with E-state index in [4.69, 9.17) is 5.73 Å². The van der Waals surface area contributed by atoms with Gasteiger partial charge < -0.3 is 10.6 Å². The zero-order valence-electron chi connectivity index (χ0n) is 11.9. The smallest absolute Gasteiger partial charge is 0.240 e. The molecule has 1 aromatic rings. The van der Waals surface area contributed by atoms with Crippen LogP contribution in [0.25, 0.3) is 0 Å². The number of amides is 1. The first kappa shape index (κ1) is 14.1. The van der Waals surface area contributed by atoms with E-state index >= 15 is 0 Å². The monoisotopic (exact) mass is 260 g/mol. The van der Waals surface area contributed by atoms with E-state index in [1.165, 1.54) is 5.56 Å². The van der Waals surface area contributed by atoms with Gasteiger partial charge in [-0.05, 0) is 30.7 Å². The first-order valence-corrected chi connectivity index (χ1v) is 7.20. The number of nitrogens with zero attached hydrogens (tertiary/aromatic N) is 1. The van der Waals surface area contributed by atoms with Crippen molar-refractivity contribution in [1.82, 2.24) is 4.90 Å². The van der Waals surface area contributed by atoms with Gasteiger partial charge in [-0.3, -0.25) is 4.79 Å². The number of benzene rings is 1. The van der Waals surface area contributed by atoms with Gasteiger partial charge in [0.2, 0.25) is 5.91 Å². The largest absolute Gasteiger partial charge is 0.334 e. The molecule has 2 atom stereocenters. The van der Waals surface area contributed by atoms with Crippen molar-refractivity contribution in [3.05, 3.63) is 35.9 Å².